The number of aromatic amines is 1. The highest BCUT2D eigenvalue weighted by atomic mass is 19.4. The smallest absolute Gasteiger partial charge is 0.422 e. The Morgan fingerprint density at radius 2 is 1.81 bits per heavy atom. The summed E-state index contributed by atoms with van der Waals surface area (Å²) in [6.45, 7) is 10.3. The van der Waals surface area contributed by atoms with Crippen molar-refractivity contribution in [2.45, 2.75) is 69.7 Å². The van der Waals surface area contributed by atoms with Crippen molar-refractivity contribution in [1.29, 1.82) is 0 Å². The van der Waals surface area contributed by atoms with Crippen molar-refractivity contribution in [2.24, 2.45) is 5.41 Å². The molecule has 1 aliphatic carbocycles. The summed E-state index contributed by atoms with van der Waals surface area (Å²) in [6, 6.07) is 6.37. The number of rotatable bonds is 9. The molecule has 2 aromatic carbocycles. The molecule has 11 nitrogen and oxygen atoms in total. The number of anilines is 2. The Morgan fingerprint density at radius 3 is 2.52 bits per heavy atom. The Hall–Kier alpha value is -4.43. The highest BCUT2D eigenvalue weighted by molar-refractivity contribution is 6.06. The Bertz CT molecular complexity index is 2100. The molecule has 4 saturated heterocycles. The second-order valence-electron chi connectivity index (χ2n) is 16.1. The summed E-state index contributed by atoms with van der Waals surface area (Å²) in [4.78, 5) is 31.6. The lowest BCUT2D eigenvalue weighted by molar-refractivity contribution is -0.153. The Labute approximate surface area is 312 Å². The average molecular weight is 745 g/mol. The number of carbonyl (C=O) groups excluding carboxylic acids is 1. The first kappa shape index (κ1) is 35.3. The topological polar surface area (TPSA) is 103 Å². The number of aromatic nitrogens is 4. The van der Waals surface area contributed by atoms with Crippen molar-refractivity contribution in [1.82, 2.24) is 30.0 Å². The molecule has 1 saturated carbocycles. The minimum Gasteiger partial charge on any atom is -0.481 e. The number of hydrogen-bond acceptors (Lipinski definition) is 9. The molecule has 14 heteroatoms. The molecule has 0 bridgehead atoms. The van der Waals surface area contributed by atoms with Crippen LogP contribution in [0.25, 0.3) is 32.9 Å². The molecule has 2 atom stereocenters. The highest BCUT2D eigenvalue weighted by Gasteiger charge is 2.47. The van der Waals surface area contributed by atoms with Crippen LogP contribution >= 0.6 is 0 Å². The predicted molar refractivity (Wildman–Crippen MR) is 201 cm³/mol. The van der Waals surface area contributed by atoms with Crippen LogP contribution in [0.2, 0.25) is 0 Å². The maximum Gasteiger partial charge on any atom is 0.422 e. The number of nitrogens with one attached hydrogen (secondary N) is 1. The number of H-pyrrole nitrogens is 1. The van der Waals surface area contributed by atoms with E-state index in [0.717, 1.165) is 98.1 Å². The second-order valence-corrected chi connectivity index (χ2v) is 16.1. The first-order valence-electron chi connectivity index (χ1n) is 19.2. The van der Waals surface area contributed by atoms with Gasteiger partial charge in [-0.1, -0.05) is 12.6 Å². The summed E-state index contributed by atoms with van der Waals surface area (Å²) in [5, 5.41) is 8.90. The number of benzene rings is 2. The van der Waals surface area contributed by atoms with E-state index >= 15 is 0 Å². The van der Waals surface area contributed by atoms with E-state index < -0.39 is 12.8 Å². The molecular weight excluding hydrogens is 697 g/mol. The normalized spacial score (nSPS) is 23.2. The molecule has 2 aromatic heterocycles. The number of fused-ring (bicyclic) bond motifs is 2. The SMILES string of the molecule is C=CC(=O)N1CC2(CCN(c3nc(N4CC[C@@H](N5CC[C@@H](OC)C5)C4)nc4c(OCC(F)(F)F)c(-c5c(C)ccc6[nH]ncc56)c(C5CC5)cc34)CC2)C1. The van der Waals surface area contributed by atoms with Gasteiger partial charge in [-0.3, -0.25) is 14.8 Å². The molecule has 9 rings (SSSR count). The van der Waals surface area contributed by atoms with Gasteiger partial charge in [-0.05, 0) is 86.3 Å². The number of carbonyl (C=O) groups is 1. The molecule has 54 heavy (non-hydrogen) atoms. The van der Waals surface area contributed by atoms with Gasteiger partial charge in [-0.25, -0.2) is 4.98 Å². The van der Waals surface area contributed by atoms with Crippen molar-refractivity contribution >= 4 is 39.5 Å². The number of piperidine rings is 1. The Kier molecular flexibility index (Phi) is 8.75. The number of ether oxygens (including phenoxy) is 2. The molecule has 1 N–H and O–H groups in total. The number of amides is 1. The highest BCUT2D eigenvalue weighted by Crippen LogP contribution is 2.53. The van der Waals surface area contributed by atoms with Crippen LogP contribution in [0.3, 0.4) is 0 Å². The molecule has 0 unspecified atom stereocenters. The van der Waals surface area contributed by atoms with Crippen molar-refractivity contribution in [3.8, 4) is 16.9 Å². The molecule has 1 amide bonds. The molecule has 4 aromatic rings. The summed E-state index contributed by atoms with van der Waals surface area (Å²) in [5.74, 6) is 1.53. The van der Waals surface area contributed by atoms with Crippen LogP contribution in [0.1, 0.15) is 55.6 Å². The van der Waals surface area contributed by atoms with Crippen LogP contribution in [0.15, 0.2) is 37.1 Å². The van der Waals surface area contributed by atoms with E-state index in [1.54, 1.807) is 13.3 Å². The van der Waals surface area contributed by atoms with E-state index in [1.807, 2.05) is 24.0 Å². The van der Waals surface area contributed by atoms with Crippen molar-refractivity contribution in [3.05, 3.63) is 48.2 Å². The maximum atomic E-state index is 14.1. The molecule has 5 aliphatic rings. The van der Waals surface area contributed by atoms with Gasteiger partial charge >= 0.3 is 6.18 Å². The molecular formula is C40H47F3N8O3. The fourth-order valence-electron chi connectivity index (χ4n) is 9.40. The average Bonchev–Trinajstić information content (AvgIpc) is 3.49. The number of halogens is 3. The Balaban J connectivity index is 1.19. The van der Waals surface area contributed by atoms with Crippen molar-refractivity contribution < 1.29 is 27.4 Å². The summed E-state index contributed by atoms with van der Waals surface area (Å²) >= 11 is 0. The van der Waals surface area contributed by atoms with E-state index in [2.05, 4.69) is 37.5 Å². The van der Waals surface area contributed by atoms with Gasteiger partial charge in [0.15, 0.2) is 12.4 Å². The minimum absolute atomic E-state index is 0.0405. The van der Waals surface area contributed by atoms with Gasteiger partial charge in [0.05, 0.1) is 17.8 Å². The van der Waals surface area contributed by atoms with Crippen LogP contribution in [-0.4, -0.2) is 120 Å². The first-order chi connectivity index (χ1) is 26.0. The quantitative estimate of drug-likeness (QED) is 0.201. The van der Waals surface area contributed by atoms with E-state index in [1.165, 1.54) is 6.08 Å². The first-order valence-corrected chi connectivity index (χ1v) is 19.2. The molecule has 6 heterocycles. The molecule has 0 radical (unpaired) electrons. The maximum absolute atomic E-state index is 14.1. The second kappa shape index (κ2) is 13.4. The molecule has 1 spiro atoms. The van der Waals surface area contributed by atoms with Gasteiger partial charge in [-0.15, -0.1) is 0 Å². The zero-order valence-electron chi connectivity index (χ0n) is 30.9. The third-order valence-electron chi connectivity index (χ3n) is 12.6. The van der Waals surface area contributed by atoms with E-state index in [-0.39, 0.29) is 29.1 Å². The van der Waals surface area contributed by atoms with Gasteiger partial charge in [0.25, 0.3) is 0 Å². The van der Waals surface area contributed by atoms with Crippen molar-refractivity contribution in [2.75, 3.05) is 75.9 Å². The lowest BCUT2D eigenvalue weighted by atomic mass is 9.72. The predicted octanol–water partition coefficient (Wildman–Crippen LogP) is 6.21. The van der Waals surface area contributed by atoms with E-state index in [9.17, 15) is 18.0 Å². The van der Waals surface area contributed by atoms with Crippen LogP contribution in [0, 0.1) is 12.3 Å². The fraction of sp³-hybridized carbons (Fsp3) is 0.550. The van der Waals surface area contributed by atoms with Crippen LogP contribution in [0.4, 0.5) is 24.9 Å². The summed E-state index contributed by atoms with van der Waals surface area (Å²) in [5.41, 5.74) is 4.61. The third-order valence-corrected chi connectivity index (χ3v) is 12.6. The van der Waals surface area contributed by atoms with Gasteiger partial charge in [0.1, 0.15) is 11.3 Å². The van der Waals surface area contributed by atoms with Gasteiger partial charge < -0.3 is 24.2 Å². The number of hydrogen-bond donors (Lipinski definition) is 1. The van der Waals surface area contributed by atoms with E-state index in [4.69, 9.17) is 19.4 Å². The summed E-state index contributed by atoms with van der Waals surface area (Å²) in [6.07, 6.45) is 4.34. The van der Waals surface area contributed by atoms with Crippen LogP contribution < -0.4 is 14.5 Å². The fourth-order valence-corrected chi connectivity index (χ4v) is 9.40. The largest absolute Gasteiger partial charge is 0.481 e. The molecule has 5 fully saturated rings. The summed E-state index contributed by atoms with van der Waals surface area (Å²) in [7, 11) is 1.76. The minimum atomic E-state index is -4.56. The van der Waals surface area contributed by atoms with Crippen LogP contribution in [0.5, 0.6) is 5.75 Å². The Morgan fingerprint density at radius 1 is 1.02 bits per heavy atom. The molecule has 286 valence electrons. The summed E-state index contributed by atoms with van der Waals surface area (Å²) < 4.78 is 54.1. The van der Waals surface area contributed by atoms with Gasteiger partial charge in [-0.2, -0.15) is 23.3 Å². The van der Waals surface area contributed by atoms with Crippen molar-refractivity contribution in [3.63, 3.8) is 0 Å². The lowest BCUT2D eigenvalue weighted by Gasteiger charge is -2.54. The van der Waals surface area contributed by atoms with Gasteiger partial charge in [0.2, 0.25) is 11.9 Å². The van der Waals surface area contributed by atoms with Gasteiger partial charge in [0, 0.05) is 87.3 Å². The third kappa shape index (κ3) is 6.34. The number of likely N-dealkylation sites (tertiary alicyclic amines) is 2. The number of alkyl halides is 3. The zero-order chi connectivity index (χ0) is 37.4. The standard InChI is InChI=1S/C40H47F3N8O3/c1-4-32(52)51-21-39(22-51)11-15-48(16-12-39)37-29-17-28(25-6-7-25)34(33-24(2)5-8-31-30(33)18-44-47-31)36(54-23-40(41,42)43)35(29)45-38(46-37)50-13-9-26(19-50)49-14-10-27(20-49)53-3/h4-5,8,17-18,25-27H,1,6-7,9-16,19-23H2,2-3H3,(H,44,47)/t26-,27-/m1/s1. The monoisotopic (exact) mass is 744 g/mol. The van der Waals surface area contributed by atoms with E-state index in [0.29, 0.717) is 54.6 Å². The lowest BCUT2D eigenvalue weighted by Crippen LogP contribution is -2.61. The molecule has 4 aliphatic heterocycles. The number of aryl methyl sites for hydroxylation is 1. The zero-order valence-corrected chi connectivity index (χ0v) is 30.9. The number of nitrogens with zero attached hydrogens (tertiary/aromatic N) is 7. The number of methoxy groups -OCH3 is 1. The van der Waals surface area contributed by atoms with Crippen LogP contribution in [-0.2, 0) is 9.53 Å².